The van der Waals surface area contributed by atoms with Gasteiger partial charge in [-0.3, -0.25) is 0 Å². The van der Waals surface area contributed by atoms with E-state index >= 15 is 0 Å². The standard InChI is InChI=1S/C14H22O3S.Na/c1-3-5-7-12(6-4-2)13-8-10-14(11-9-13)18(15,16)17;/h8-12H,3-7H2,1-2H3,(H,15,16,17);/q;+1/p-1. The second-order valence-electron chi connectivity index (χ2n) is 4.65. The van der Waals surface area contributed by atoms with Crippen LogP contribution in [0, 0.1) is 0 Å². The Morgan fingerprint density at radius 2 is 1.63 bits per heavy atom. The van der Waals surface area contributed by atoms with E-state index in [9.17, 15) is 13.0 Å². The van der Waals surface area contributed by atoms with E-state index in [1.807, 2.05) is 0 Å². The largest absolute Gasteiger partial charge is 1.00 e. The molecule has 0 bridgehead atoms. The van der Waals surface area contributed by atoms with Crippen molar-refractivity contribution >= 4 is 10.1 Å². The summed E-state index contributed by atoms with van der Waals surface area (Å²) in [6, 6.07) is 6.40. The Labute approximate surface area is 138 Å². The molecule has 0 spiro atoms. The van der Waals surface area contributed by atoms with Crippen molar-refractivity contribution in [1.82, 2.24) is 0 Å². The molecule has 5 heteroatoms. The Morgan fingerprint density at radius 1 is 1.05 bits per heavy atom. The van der Waals surface area contributed by atoms with E-state index in [0.29, 0.717) is 5.92 Å². The van der Waals surface area contributed by atoms with E-state index in [2.05, 4.69) is 13.8 Å². The second kappa shape index (κ2) is 9.14. The summed E-state index contributed by atoms with van der Waals surface area (Å²) in [6.07, 6.45) is 5.66. The third-order valence-corrected chi connectivity index (χ3v) is 4.03. The van der Waals surface area contributed by atoms with Gasteiger partial charge < -0.3 is 4.55 Å². The fourth-order valence-electron chi connectivity index (χ4n) is 2.18. The van der Waals surface area contributed by atoms with Crippen LogP contribution in [0.1, 0.15) is 57.4 Å². The van der Waals surface area contributed by atoms with Gasteiger partial charge in [0, 0.05) is 0 Å². The first-order chi connectivity index (χ1) is 8.49. The van der Waals surface area contributed by atoms with E-state index < -0.39 is 10.1 Å². The molecule has 0 saturated heterocycles. The van der Waals surface area contributed by atoms with E-state index in [0.717, 1.165) is 31.2 Å². The molecular formula is C14H21NaO3S. The molecule has 0 aliphatic heterocycles. The summed E-state index contributed by atoms with van der Waals surface area (Å²) >= 11 is 0. The van der Waals surface area contributed by atoms with Gasteiger partial charge in [0.05, 0.1) is 4.90 Å². The van der Waals surface area contributed by atoms with Crippen LogP contribution >= 0.6 is 0 Å². The zero-order chi connectivity index (χ0) is 13.6. The van der Waals surface area contributed by atoms with Crippen molar-refractivity contribution in [1.29, 1.82) is 0 Å². The minimum atomic E-state index is -4.32. The minimum absolute atomic E-state index is 0. The Kier molecular flexibility index (Phi) is 9.20. The number of benzene rings is 1. The smallest absolute Gasteiger partial charge is 0.744 e. The zero-order valence-electron chi connectivity index (χ0n) is 12.1. The average molecular weight is 292 g/mol. The number of rotatable bonds is 7. The van der Waals surface area contributed by atoms with Crippen LogP contribution in [0.4, 0.5) is 0 Å². The van der Waals surface area contributed by atoms with Crippen LogP contribution in [-0.4, -0.2) is 13.0 Å². The second-order valence-corrected chi connectivity index (χ2v) is 6.03. The van der Waals surface area contributed by atoms with Gasteiger partial charge in [-0.1, -0.05) is 45.2 Å². The van der Waals surface area contributed by atoms with Crippen molar-refractivity contribution in [3.63, 3.8) is 0 Å². The summed E-state index contributed by atoms with van der Waals surface area (Å²) < 4.78 is 32.6. The van der Waals surface area contributed by atoms with Crippen molar-refractivity contribution in [2.45, 2.75) is 56.8 Å². The third-order valence-electron chi connectivity index (χ3n) is 3.18. The maximum absolute atomic E-state index is 10.9. The van der Waals surface area contributed by atoms with Crippen molar-refractivity contribution < 1.29 is 42.5 Å². The van der Waals surface area contributed by atoms with Gasteiger partial charge in [0.15, 0.2) is 0 Å². The molecule has 1 aromatic carbocycles. The first-order valence-corrected chi connectivity index (χ1v) is 7.95. The molecule has 0 amide bonds. The topological polar surface area (TPSA) is 57.2 Å². The fraction of sp³-hybridized carbons (Fsp3) is 0.571. The molecule has 1 aromatic rings. The molecule has 1 unspecified atom stereocenters. The molecule has 102 valence electrons. The van der Waals surface area contributed by atoms with E-state index in [1.165, 1.54) is 18.6 Å². The molecule has 1 rings (SSSR count). The fourth-order valence-corrected chi connectivity index (χ4v) is 2.65. The number of unbranched alkanes of at least 4 members (excludes halogenated alkanes) is 1. The van der Waals surface area contributed by atoms with Gasteiger partial charge in [-0.25, -0.2) is 8.42 Å². The van der Waals surface area contributed by atoms with Crippen LogP contribution in [-0.2, 0) is 10.1 Å². The third kappa shape index (κ3) is 6.41. The Balaban J connectivity index is 0.00000324. The van der Waals surface area contributed by atoms with E-state index in [-0.39, 0.29) is 34.5 Å². The molecular weight excluding hydrogens is 271 g/mol. The summed E-state index contributed by atoms with van der Waals surface area (Å²) in [4.78, 5) is -0.142. The van der Waals surface area contributed by atoms with E-state index in [4.69, 9.17) is 0 Å². The minimum Gasteiger partial charge on any atom is -0.744 e. The first kappa shape index (κ1) is 19.1. The molecule has 0 aromatic heterocycles. The van der Waals surface area contributed by atoms with Gasteiger partial charge in [-0.05, 0) is 36.5 Å². The van der Waals surface area contributed by atoms with Gasteiger partial charge in [-0.15, -0.1) is 0 Å². The van der Waals surface area contributed by atoms with Crippen molar-refractivity contribution in [3.05, 3.63) is 29.8 Å². The van der Waals surface area contributed by atoms with Crippen molar-refractivity contribution in [3.8, 4) is 0 Å². The van der Waals surface area contributed by atoms with Crippen LogP contribution in [0.5, 0.6) is 0 Å². The van der Waals surface area contributed by atoms with Gasteiger partial charge in [0.25, 0.3) is 0 Å². The SMILES string of the molecule is CCCCC(CCC)c1ccc(S(=O)(=O)[O-])cc1.[Na+]. The number of hydrogen-bond acceptors (Lipinski definition) is 3. The summed E-state index contributed by atoms with van der Waals surface area (Å²) in [5, 5.41) is 0. The quantitative estimate of drug-likeness (QED) is 0.548. The van der Waals surface area contributed by atoms with Crippen molar-refractivity contribution in [2.75, 3.05) is 0 Å². The molecule has 1 atom stereocenters. The van der Waals surface area contributed by atoms with Crippen molar-refractivity contribution in [2.24, 2.45) is 0 Å². The predicted octanol–water partition coefficient (Wildman–Crippen LogP) is 0.669. The normalized spacial score (nSPS) is 12.8. The Morgan fingerprint density at radius 3 is 2.05 bits per heavy atom. The van der Waals surface area contributed by atoms with E-state index in [1.54, 1.807) is 12.1 Å². The van der Waals surface area contributed by atoms with Gasteiger partial charge in [-0.2, -0.15) is 0 Å². The molecule has 3 nitrogen and oxygen atoms in total. The molecule has 0 N–H and O–H groups in total. The molecule has 0 heterocycles. The van der Waals surface area contributed by atoms with Crippen LogP contribution in [0.15, 0.2) is 29.2 Å². The van der Waals surface area contributed by atoms with Gasteiger partial charge in [0.2, 0.25) is 0 Å². The van der Waals surface area contributed by atoms with Crippen LogP contribution in [0.25, 0.3) is 0 Å². The first-order valence-electron chi connectivity index (χ1n) is 6.54. The molecule has 0 aliphatic rings. The monoisotopic (exact) mass is 292 g/mol. The van der Waals surface area contributed by atoms with Crippen LogP contribution in [0.3, 0.4) is 0 Å². The molecule has 0 aliphatic carbocycles. The molecule has 0 fully saturated rings. The summed E-state index contributed by atoms with van der Waals surface area (Å²) in [7, 11) is -4.32. The maximum atomic E-state index is 10.9. The number of hydrogen-bond donors (Lipinski definition) is 0. The van der Waals surface area contributed by atoms with Crippen LogP contribution < -0.4 is 29.6 Å². The zero-order valence-corrected chi connectivity index (χ0v) is 14.9. The molecule has 0 radical (unpaired) electrons. The molecule has 19 heavy (non-hydrogen) atoms. The maximum Gasteiger partial charge on any atom is 1.00 e. The van der Waals surface area contributed by atoms with Gasteiger partial charge >= 0.3 is 29.6 Å². The molecule has 0 saturated carbocycles. The van der Waals surface area contributed by atoms with Crippen LogP contribution in [0.2, 0.25) is 0 Å². The predicted molar refractivity (Wildman–Crippen MR) is 71.6 cm³/mol. The average Bonchev–Trinajstić information content (AvgIpc) is 2.33. The summed E-state index contributed by atoms with van der Waals surface area (Å²) in [5.74, 6) is 0.471. The Bertz CT molecular complexity index is 454. The summed E-state index contributed by atoms with van der Waals surface area (Å²) in [5.41, 5.74) is 1.14. The van der Waals surface area contributed by atoms with Gasteiger partial charge in [0.1, 0.15) is 10.1 Å². The Hall–Kier alpha value is 0.130. The summed E-state index contributed by atoms with van der Waals surface area (Å²) in [6.45, 7) is 4.31.